The molecule has 0 bridgehead atoms. The number of piperidine rings is 1. The van der Waals surface area contributed by atoms with Crippen LogP contribution in [0.4, 0.5) is 0 Å². The van der Waals surface area contributed by atoms with Crippen LogP contribution in [-0.2, 0) is 4.79 Å². The van der Waals surface area contributed by atoms with Gasteiger partial charge in [0.15, 0.2) is 0 Å². The van der Waals surface area contributed by atoms with E-state index in [-0.39, 0.29) is 0 Å². The first kappa shape index (κ1) is 15.3. The first-order chi connectivity index (χ1) is 9.99. The summed E-state index contributed by atoms with van der Waals surface area (Å²) in [5.41, 5.74) is -0.483. The Labute approximate surface area is 128 Å². The van der Waals surface area contributed by atoms with E-state index >= 15 is 0 Å². The molecule has 1 saturated carbocycles. The Morgan fingerprint density at radius 2 is 1.86 bits per heavy atom. The van der Waals surface area contributed by atoms with Crippen molar-refractivity contribution in [2.45, 2.75) is 51.6 Å². The summed E-state index contributed by atoms with van der Waals surface area (Å²) >= 11 is 0. The third-order valence-corrected chi connectivity index (χ3v) is 5.92. The van der Waals surface area contributed by atoms with Crippen LogP contribution in [-0.4, -0.2) is 59.1 Å². The van der Waals surface area contributed by atoms with E-state index in [1.54, 1.807) is 0 Å². The minimum Gasteiger partial charge on any atom is -0.388 e. The molecule has 0 spiro atoms. The number of aliphatic hydroxyl groups is 1. The molecule has 2 heterocycles. The Hall–Kier alpha value is -0.610. The minimum absolute atomic E-state index is 0.302. The lowest BCUT2D eigenvalue weighted by Crippen LogP contribution is -2.41. The molecule has 4 nitrogen and oxygen atoms in total. The predicted molar refractivity (Wildman–Crippen MR) is 82.9 cm³/mol. The van der Waals surface area contributed by atoms with Crippen molar-refractivity contribution in [1.29, 1.82) is 0 Å². The Kier molecular flexibility index (Phi) is 4.28. The molecule has 3 aliphatic rings. The molecule has 0 radical (unpaired) electrons. The van der Waals surface area contributed by atoms with E-state index in [0.29, 0.717) is 24.2 Å². The van der Waals surface area contributed by atoms with Gasteiger partial charge in [0.25, 0.3) is 0 Å². The minimum atomic E-state index is -0.483. The highest BCUT2D eigenvalue weighted by atomic mass is 16.3. The fraction of sp³-hybridized carbons (Fsp3) is 0.941. The molecule has 2 atom stereocenters. The third kappa shape index (κ3) is 3.26. The van der Waals surface area contributed by atoms with E-state index in [0.717, 1.165) is 51.5 Å². The first-order valence-electron chi connectivity index (χ1n) is 8.71. The Balaban J connectivity index is 1.44. The van der Waals surface area contributed by atoms with Gasteiger partial charge in [0.1, 0.15) is 0 Å². The van der Waals surface area contributed by atoms with Gasteiger partial charge in [-0.3, -0.25) is 9.69 Å². The van der Waals surface area contributed by atoms with E-state index in [2.05, 4.69) is 18.7 Å². The number of rotatable bonds is 4. The average molecular weight is 294 g/mol. The molecular formula is C17H30N2O2. The maximum Gasteiger partial charge on any atom is 0.223 e. The Morgan fingerprint density at radius 1 is 1.19 bits per heavy atom. The van der Waals surface area contributed by atoms with Gasteiger partial charge in [-0.25, -0.2) is 0 Å². The summed E-state index contributed by atoms with van der Waals surface area (Å²) in [6, 6.07) is 0. The van der Waals surface area contributed by atoms with E-state index in [9.17, 15) is 9.90 Å². The zero-order valence-electron chi connectivity index (χ0n) is 13.6. The van der Waals surface area contributed by atoms with Gasteiger partial charge in [-0.15, -0.1) is 0 Å². The molecule has 0 unspecified atom stereocenters. The summed E-state index contributed by atoms with van der Waals surface area (Å²) < 4.78 is 0. The Bertz CT molecular complexity index is 388. The summed E-state index contributed by atoms with van der Waals surface area (Å²) in [4.78, 5) is 16.6. The van der Waals surface area contributed by atoms with Crippen LogP contribution < -0.4 is 0 Å². The molecule has 120 valence electrons. The quantitative estimate of drug-likeness (QED) is 0.859. The molecule has 0 aromatic heterocycles. The number of carbonyl (C=O) groups excluding carboxylic acids is 1. The fourth-order valence-corrected chi connectivity index (χ4v) is 4.08. The molecule has 3 fully saturated rings. The maximum atomic E-state index is 12.3. The summed E-state index contributed by atoms with van der Waals surface area (Å²) in [6.45, 7) is 8.81. The van der Waals surface area contributed by atoms with Crippen molar-refractivity contribution in [3.63, 3.8) is 0 Å². The number of likely N-dealkylation sites (tertiary alicyclic amines) is 2. The van der Waals surface area contributed by atoms with Crippen molar-refractivity contribution in [3.05, 3.63) is 0 Å². The van der Waals surface area contributed by atoms with Crippen molar-refractivity contribution in [2.24, 2.45) is 17.8 Å². The second-order valence-electron chi connectivity index (χ2n) is 7.71. The number of carbonyl (C=O) groups is 1. The normalized spacial score (nSPS) is 35.4. The predicted octanol–water partition coefficient (Wildman–Crippen LogP) is 1.73. The molecule has 2 saturated heterocycles. The van der Waals surface area contributed by atoms with Crippen molar-refractivity contribution < 1.29 is 9.90 Å². The Morgan fingerprint density at radius 3 is 2.48 bits per heavy atom. The summed E-state index contributed by atoms with van der Waals surface area (Å²) in [5, 5.41) is 10.8. The highest BCUT2D eigenvalue weighted by Crippen LogP contribution is 2.46. The van der Waals surface area contributed by atoms with Crippen molar-refractivity contribution in [2.75, 3.05) is 32.7 Å². The molecule has 1 N–H and O–H groups in total. The van der Waals surface area contributed by atoms with Gasteiger partial charge in [0, 0.05) is 39.1 Å². The van der Waals surface area contributed by atoms with Crippen LogP contribution in [0.2, 0.25) is 0 Å². The van der Waals surface area contributed by atoms with Crippen molar-refractivity contribution in [3.8, 4) is 0 Å². The zero-order valence-corrected chi connectivity index (χ0v) is 13.6. The van der Waals surface area contributed by atoms with Crippen LogP contribution in [0.1, 0.15) is 46.0 Å². The van der Waals surface area contributed by atoms with Crippen molar-refractivity contribution in [1.82, 2.24) is 9.80 Å². The van der Waals surface area contributed by atoms with Gasteiger partial charge in [-0.05, 0) is 43.4 Å². The molecule has 3 rings (SSSR count). The van der Waals surface area contributed by atoms with Gasteiger partial charge in [-0.2, -0.15) is 0 Å². The number of β-amino-alcohol motifs (C(OH)–C–C–N with tert-alkyl or cyclic N) is 1. The first-order valence-corrected chi connectivity index (χ1v) is 8.71. The molecule has 0 aromatic carbocycles. The van der Waals surface area contributed by atoms with Crippen LogP contribution in [0.25, 0.3) is 0 Å². The highest BCUT2D eigenvalue weighted by Gasteiger charge is 2.52. The van der Waals surface area contributed by atoms with Crippen LogP contribution in [0, 0.1) is 17.8 Å². The molecule has 0 aromatic rings. The van der Waals surface area contributed by atoms with Gasteiger partial charge < -0.3 is 10.0 Å². The standard InChI is InChI=1S/C17H30N2O2/c1-13-5-9-19(10-6-13)16(20)7-8-18-11-14(2)17(21,12-18)15-3-4-15/h13-15,21H,3-12H2,1-2H3/t14-,17+/m1/s1. The molecule has 21 heavy (non-hydrogen) atoms. The number of amides is 1. The number of hydrogen-bond acceptors (Lipinski definition) is 3. The van der Waals surface area contributed by atoms with E-state index < -0.39 is 5.60 Å². The van der Waals surface area contributed by atoms with Gasteiger partial charge >= 0.3 is 0 Å². The smallest absolute Gasteiger partial charge is 0.223 e. The molecule has 1 amide bonds. The maximum absolute atomic E-state index is 12.3. The second-order valence-corrected chi connectivity index (χ2v) is 7.71. The van der Waals surface area contributed by atoms with Crippen LogP contribution in [0.15, 0.2) is 0 Å². The number of hydrogen-bond donors (Lipinski definition) is 1. The van der Waals surface area contributed by atoms with Gasteiger partial charge in [0.05, 0.1) is 5.60 Å². The van der Waals surface area contributed by atoms with Crippen LogP contribution >= 0.6 is 0 Å². The summed E-state index contributed by atoms with van der Waals surface area (Å²) in [6.07, 6.45) is 5.27. The van der Waals surface area contributed by atoms with E-state index in [1.165, 1.54) is 12.8 Å². The second kappa shape index (κ2) is 5.88. The van der Waals surface area contributed by atoms with Crippen LogP contribution in [0.5, 0.6) is 0 Å². The largest absolute Gasteiger partial charge is 0.388 e. The van der Waals surface area contributed by atoms with Gasteiger partial charge in [-0.1, -0.05) is 13.8 Å². The SMILES string of the molecule is CC1CCN(C(=O)CCN2C[C@@H](C)[C@](O)(C3CC3)C2)CC1. The van der Waals surface area contributed by atoms with Gasteiger partial charge in [0.2, 0.25) is 5.91 Å². The highest BCUT2D eigenvalue weighted by molar-refractivity contribution is 5.76. The summed E-state index contributed by atoms with van der Waals surface area (Å²) in [5.74, 6) is 1.92. The monoisotopic (exact) mass is 294 g/mol. The lowest BCUT2D eigenvalue weighted by Gasteiger charge is -2.31. The van der Waals surface area contributed by atoms with Crippen LogP contribution in [0.3, 0.4) is 0 Å². The topological polar surface area (TPSA) is 43.8 Å². The molecule has 4 heteroatoms. The third-order valence-electron chi connectivity index (χ3n) is 5.92. The van der Waals surface area contributed by atoms with Crippen molar-refractivity contribution >= 4 is 5.91 Å². The van der Waals surface area contributed by atoms with E-state index in [4.69, 9.17) is 0 Å². The average Bonchev–Trinajstić information content (AvgIpc) is 3.26. The molecular weight excluding hydrogens is 264 g/mol. The van der Waals surface area contributed by atoms with E-state index in [1.807, 2.05) is 4.90 Å². The fourth-order valence-electron chi connectivity index (χ4n) is 4.08. The molecule has 1 aliphatic carbocycles. The lowest BCUT2D eigenvalue weighted by molar-refractivity contribution is -0.132. The lowest BCUT2D eigenvalue weighted by atomic mass is 9.88. The summed E-state index contributed by atoms with van der Waals surface area (Å²) in [7, 11) is 0. The zero-order chi connectivity index (χ0) is 15.0. The molecule has 2 aliphatic heterocycles. The number of nitrogens with zero attached hydrogens (tertiary/aromatic N) is 2.